The van der Waals surface area contributed by atoms with Crippen LogP contribution in [0.2, 0.25) is 0 Å². The maximum absolute atomic E-state index is 9.71. The number of hydrogen-bond donors (Lipinski definition) is 2. The minimum atomic E-state index is -0.162. The summed E-state index contributed by atoms with van der Waals surface area (Å²) in [6.07, 6.45) is 9.46. The summed E-state index contributed by atoms with van der Waals surface area (Å²) >= 11 is 0. The highest BCUT2D eigenvalue weighted by Gasteiger charge is 2.22. The maximum atomic E-state index is 9.71. The van der Waals surface area contributed by atoms with Gasteiger partial charge in [0.15, 0.2) is 0 Å². The number of benzene rings is 1. The number of rotatable bonds is 6. The van der Waals surface area contributed by atoms with E-state index in [0.29, 0.717) is 12.0 Å². The number of piperidine rings is 1. The Hall–Kier alpha value is -2.77. The Kier molecular flexibility index (Phi) is 6.46. The molecule has 1 atom stereocenters. The molecule has 1 saturated carbocycles. The molecule has 2 N–H and O–H groups in total. The Bertz CT molecular complexity index is 1020. The first-order valence-corrected chi connectivity index (χ1v) is 11.7. The van der Waals surface area contributed by atoms with Gasteiger partial charge >= 0.3 is 0 Å². The number of hydrogen-bond acceptors (Lipinski definition) is 7. The second-order valence-corrected chi connectivity index (χ2v) is 9.00. The van der Waals surface area contributed by atoms with Crippen LogP contribution in [0.1, 0.15) is 44.2 Å². The van der Waals surface area contributed by atoms with Gasteiger partial charge in [0.2, 0.25) is 5.95 Å². The van der Waals surface area contributed by atoms with Crippen LogP contribution in [0.3, 0.4) is 0 Å². The summed E-state index contributed by atoms with van der Waals surface area (Å²) in [5.74, 6) is 1.50. The summed E-state index contributed by atoms with van der Waals surface area (Å²) in [4.78, 5) is 16.1. The first-order valence-electron chi connectivity index (χ1n) is 11.7. The van der Waals surface area contributed by atoms with Crippen molar-refractivity contribution >= 4 is 16.9 Å². The minimum absolute atomic E-state index is 0.162. The highest BCUT2D eigenvalue weighted by molar-refractivity contribution is 5.80. The number of fused-ring (bicyclic) bond motifs is 1. The Morgan fingerprint density at radius 2 is 1.97 bits per heavy atom. The first kappa shape index (κ1) is 21.1. The van der Waals surface area contributed by atoms with Crippen molar-refractivity contribution in [1.29, 1.82) is 0 Å². The Morgan fingerprint density at radius 1 is 1.06 bits per heavy atom. The van der Waals surface area contributed by atoms with Crippen molar-refractivity contribution in [3.05, 3.63) is 54.5 Å². The lowest BCUT2D eigenvalue weighted by atomic mass is 9.93. The third-order valence-corrected chi connectivity index (χ3v) is 6.46. The minimum Gasteiger partial charge on any atom is -0.489 e. The Morgan fingerprint density at radius 3 is 2.81 bits per heavy atom. The van der Waals surface area contributed by atoms with Crippen molar-refractivity contribution in [2.24, 2.45) is 0 Å². The predicted molar refractivity (Wildman–Crippen MR) is 125 cm³/mol. The Labute approximate surface area is 188 Å². The number of likely N-dealkylation sites (tertiary alicyclic amines) is 1. The van der Waals surface area contributed by atoms with Gasteiger partial charge in [0.25, 0.3) is 0 Å². The SMILES string of the molecule is O[C@H]1CC[C@H](Nc2ncc3ccc(OC4CCCN(Cc5ccccn5)C4)cc3n2)CC1. The number of ether oxygens (including phenoxy) is 1. The zero-order valence-corrected chi connectivity index (χ0v) is 18.4. The van der Waals surface area contributed by atoms with Crippen LogP contribution in [-0.4, -0.2) is 56.3 Å². The highest BCUT2D eigenvalue weighted by atomic mass is 16.5. The smallest absolute Gasteiger partial charge is 0.223 e. The third-order valence-electron chi connectivity index (χ3n) is 6.46. The molecule has 1 aromatic carbocycles. The summed E-state index contributed by atoms with van der Waals surface area (Å²) in [6.45, 7) is 2.84. The van der Waals surface area contributed by atoms with Gasteiger partial charge in [-0.1, -0.05) is 6.07 Å². The molecule has 0 bridgehead atoms. The van der Waals surface area contributed by atoms with Gasteiger partial charge in [-0.15, -0.1) is 0 Å². The van der Waals surface area contributed by atoms with E-state index in [4.69, 9.17) is 9.72 Å². The van der Waals surface area contributed by atoms with E-state index in [1.165, 1.54) is 0 Å². The molecule has 1 aliphatic heterocycles. The van der Waals surface area contributed by atoms with Gasteiger partial charge in [-0.3, -0.25) is 9.88 Å². The molecule has 1 unspecified atom stereocenters. The molecule has 32 heavy (non-hydrogen) atoms. The molecular formula is C25H31N5O2. The second-order valence-electron chi connectivity index (χ2n) is 9.00. The van der Waals surface area contributed by atoms with Gasteiger partial charge in [0.1, 0.15) is 11.9 Å². The van der Waals surface area contributed by atoms with Crippen LogP contribution in [0.5, 0.6) is 5.75 Å². The van der Waals surface area contributed by atoms with Gasteiger partial charge in [-0.05, 0) is 69.3 Å². The summed E-state index contributed by atoms with van der Waals surface area (Å²) in [5.41, 5.74) is 1.99. The molecule has 0 spiro atoms. The number of anilines is 1. The average molecular weight is 434 g/mol. The second kappa shape index (κ2) is 9.79. The lowest BCUT2D eigenvalue weighted by molar-refractivity contribution is 0.0837. The molecular weight excluding hydrogens is 402 g/mol. The van der Waals surface area contributed by atoms with Gasteiger partial charge in [-0.25, -0.2) is 9.97 Å². The van der Waals surface area contributed by atoms with Gasteiger partial charge in [0.05, 0.1) is 17.3 Å². The summed E-state index contributed by atoms with van der Waals surface area (Å²) in [7, 11) is 0. The summed E-state index contributed by atoms with van der Waals surface area (Å²) < 4.78 is 6.36. The molecule has 5 rings (SSSR count). The highest BCUT2D eigenvalue weighted by Crippen LogP contribution is 2.25. The Balaban J connectivity index is 1.23. The lowest BCUT2D eigenvalue weighted by Gasteiger charge is -2.32. The van der Waals surface area contributed by atoms with Crippen LogP contribution in [0, 0.1) is 0 Å². The van der Waals surface area contributed by atoms with Crippen molar-refractivity contribution in [3.8, 4) is 5.75 Å². The number of aliphatic hydroxyl groups excluding tert-OH is 1. The summed E-state index contributed by atoms with van der Waals surface area (Å²) in [5, 5.41) is 14.1. The molecule has 3 heterocycles. The first-order chi connectivity index (χ1) is 15.7. The predicted octanol–water partition coefficient (Wildman–Crippen LogP) is 3.78. The molecule has 2 aromatic heterocycles. The van der Waals surface area contributed by atoms with Gasteiger partial charge in [0, 0.05) is 43.0 Å². The van der Waals surface area contributed by atoms with E-state index in [1.807, 2.05) is 42.7 Å². The average Bonchev–Trinajstić information content (AvgIpc) is 2.81. The van der Waals surface area contributed by atoms with E-state index >= 15 is 0 Å². The molecule has 0 radical (unpaired) electrons. The van der Waals surface area contributed by atoms with E-state index in [-0.39, 0.29) is 12.2 Å². The van der Waals surface area contributed by atoms with Crippen LogP contribution < -0.4 is 10.1 Å². The zero-order chi connectivity index (χ0) is 21.8. The molecule has 0 amide bonds. The summed E-state index contributed by atoms with van der Waals surface area (Å²) in [6, 6.07) is 12.5. The van der Waals surface area contributed by atoms with Gasteiger partial charge in [-0.2, -0.15) is 0 Å². The van der Waals surface area contributed by atoms with E-state index in [1.54, 1.807) is 0 Å². The fraction of sp³-hybridized carbons (Fsp3) is 0.480. The van der Waals surface area contributed by atoms with Crippen LogP contribution in [0.25, 0.3) is 10.9 Å². The molecule has 1 aliphatic carbocycles. The van der Waals surface area contributed by atoms with Crippen molar-refractivity contribution < 1.29 is 9.84 Å². The lowest BCUT2D eigenvalue weighted by Crippen LogP contribution is -2.40. The van der Waals surface area contributed by atoms with E-state index in [0.717, 1.165) is 80.5 Å². The number of aliphatic hydroxyl groups is 1. The number of pyridine rings is 1. The van der Waals surface area contributed by atoms with Gasteiger partial charge < -0.3 is 15.2 Å². The quantitative estimate of drug-likeness (QED) is 0.612. The van der Waals surface area contributed by atoms with E-state index in [2.05, 4.69) is 26.3 Å². The molecule has 168 valence electrons. The monoisotopic (exact) mass is 433 g/mol. The topological polar surface area (TPSA) is 83.4 Å². The fourth-order valence-corrected chi connectivity index (χ4v) is 4.71. The number of nitrogens with one attached hydrogen (secondary N) is 1. The molecule has 7 nitrogen and oxygen atoms in total. The van der Waals surface area contributed by atoms with Crippen LogP contribution in [-0.2, 0) is 6.54 Å². The molecule has 2 fully saturated rings. The van der Waals surface area contributed by atoms with Crippen molar-refractivity contribution in [2.45, 2.75) is 63.3 Å². The molecule has 3 aromatic rings. The third kappa shape index (κ3) is 5.34. The van der Waals surface area contributed by atoms with E-state index < -0.39 is 0 Å². The maximum Gasteiger partial charge on any atom is 0.223 e. The van der Waals surface area contributed by atoms with Crippen molar-refractivity contribution in [1.82, 2.24) is 19.9 Å². The standard InChI is InChI=1S/C25H31N5O2/c31-21-9-7-19(8-10-21)28-25-27-15-18-6-11-22(14-24(18)29-25)32-23-5-3-13-30(17-23)16-20-4-1-2-12-26-20/h1-2,4,6,11-12,14-15,19,21,23,31H,3,5,7-10,13,16-17H2,(H,27,28,29)/t19-,21-,23?. The molecule has 7 heteroatoms. The molecule has 1 saturated heterocycles. The normalized spacial score (nSPS) is 24.3. The fourth-order valence-electron chi connectivity index (χ4n) is 4.71. The number of aromatic nitrogens is 3. The van der Waals surface area contributed by atoms with Crippen LogP contribution in [0.4, 0.5) is 5.95 Å². The molecule has 2 aliphatic rings. The van der Waals surface area contributed by atoms with E-state index in [9.17, 15) is 5.11 Å². The van der Waals surface area contributed by atoms with Crippen LogP contribution >= 0.6 is 0 Å². The van der Waals surface area contributed by atoms with Crippen LogP contribution in [0.15, 0.2) is 48.8 Å². The number of nitrogens with zero attached hydrogens (tertiary/aromatic N) is 4. The van der Waals surface area contributed by atoms with Crippen molar-refractivity contribution in [2.75, 3.05) is 18.4 Å². The largest absolute Gasteiger partial charge is 0.489 e. The zero-order valence-electron chi connectivity index (χ0n) is 18.4. The van der Waals surface area contributed by atoms with Crippen molar-refractivity contribution in [3.63, 3.8) is 0 Å².